The molecule has 6 heteroatoms. The molecule has 0 bridgehead atoms. The van der Waals surface area contributed by atoms with Crippen LogP contribution < -0.4 is 10.6 Å². The average Bonchev–Trinajstić information content (AvgIpc) is 2.63. The number of nitrogens with zero attached hydrogens (tertiary/aromatic N) is 1. The van der Waals surface area contributed by atoms with Gasteiger partial charge in [-0.1, -0.05) is 54.1 Å². The topological polar surface area (TPSA) is 53.5 Å². The van der Waals surface area contributed by atoms with Gasteiger partial charge in [-0.05, 0) is 29.7 Å². The Morgan fingerprint density at radius 3 is 2.36 bits per heavy atom. The van der Waals surface area contributed by atoms with Gasteiger partial charge in [0.2, 0.25) is 0 Å². The third kappa shape index (κ3) is 7.71. The van der Waals surface area contributed by atoms with Crippen LogP contribution in [0.25, 0.3) is 0 Å². The number of nitrogens with one attached hydrogen (secondary N) is 2. The van der Waals surface area contributed by atoms with Crippen molar-refractivity contribution < 1.29 is 4.21 Å². The van der Waals surface area contributed by atoms with E-state index in [1.165, 1.54) is 5.56 Å². The number of benzene rings is 2. The monoisotopic (exact) mass is 377 g/mol. The predicted octanol–water partition coefficient (Wildman–Crippen LogP) is 3.00. The van der Waals surface area contributed by atoms with E-state index in [1.807, 2.05) is 54.6 Å². The van der Waals surface area contributed by atoms with Gasteiger partial charge < -0.3 is 10.6 Å². The maximum Gasteiger partial charge on any atom is 0.191 e. The molecule has 0 aliphatic heterocycles. The Morgan fingerprint density at radius 2 is 1.68 bits per heavy atom. The molecular weight excluding hydrogens is 354 g/mol. The van der Waals surface area contributed by atoms with Crippen LogP contribution in [0.2, 0.25) is 5.02 Å². The summed E-state index contributed by atoms with van der Waals surface area (Å²) >= 11 is 5.88. The molecular formula is C19H24ClN3OS. The molecule has 2 aromatic rings. The molecule has 0 amide bonds. The highest BCUT2D eigenvalue weighted by Crippen LogP contribution is 2.09. The fourth-order valence-electron chi connectivity index (χ4n) is 2.31. The van der Waals surface area contributed by atoms with Gasteiger partial charge in [0, 0.05) is 47.5 Å². The van der Waals surface area contributed by atoms with Crippen molar-refractivity contribution in [2.24, 2.45) is 4.99 Å². The number of aliphatic imine (C=N–C) groups is 1. The summed E-state index contributed by atoms with van der Waals surface area (Å²) in [5.74, 6) is 1.91. The van der Waals surface area contributed by atoms with Crippen molar-refractivity contribution in [1.29, 1.82) is 0 Å². The molecule has 1 unspecified atom stereocenters. The average molecular weight is 378 g/mol. The van der Waals surface area contributed by atoms with Gasteiger partial charge in [-0.15, -0.1) is 0 Å². The second-order valence-electron chi connectivity index (χ2n) is 5.58. The van der Waals surface area contributed by atoms with Gasteiger partial charge in [-0.3, -0.25) is 9.20 Å². The Morgan fingerprint density at radius 1 is 1.00 bits per heavy atom. The van der Waals surface area contributed by atoms with Gasteiger partial charge in [0.05, 0.1) is 0 Å². The fraction of sp³-hybridized carbons (Fsp3) is 0.316. The van der Waals surface area contributed by atoms with E-state index in [-0.39, 0.29) is 0 Å². The van der Waals surface area contributed by atoms with E-state index in [4.69, 9.17) is 11.6 Å². The van der Waals surface area contributed by atoms with E-state index in [1.54, 1.807) is 7.05 Å². The summed E-state index contributed by atoms with van der Waals surface area (Å²) in [6.45, 7) is 1.40. The predicted molar refractivity (Wildman–Crippen MR) is 108 cm³/mol. The largest absolute Gasteiger partial charge is 0.356 e. The minimum absolute atomic E-state index is 0.588. The van der Waals surface area contributed by atoms with Crippen LogP contribution in [-0.4, -0.2) is 36.1 Å². The van der Waals surface area contributed by atoms with Gasteiger partial charge >= 0.3 is 0 Å². The first kappa shape index (κ1) is 19.5. The molecule has 0 aliphatic rings. The zero-order valence-corrected chi connectivity index (χ0v) is 15.9. The second kappa shape index (κ2) is 10.9. The molecule has 0 aromatic heterocycles. The molecule has 0 spiro atoms. The van der Waals surface area contributed by atoms with Crippen LogP contribution in [0.4, 0.5) is 0 Å². The molecule has 0 heterocycles. The molecule has 2 rings (SSSR count). The zero-order valence-electron chi connectivity index (χ0n) is 14.4. The Kier molecular flexibility index (Phi) is 8.49. The quantitative estimate of drug-likeness (QED) is 0.549. The molecule has 25 heavy (non-hydrogen) atoms. The Labute approximate surface area is 157 Å². The molecule has 0 radical (unpaired) electrons. The van der Waals surface area contributed by atoms with Crippen molar-refractivity contribution in [3.63, 3.8) is 0 Å². The zero-order chi connectivity index (χ0) is 17.9. The van der Waals surface area contributed by atoms with E-state index >= 15 is 0 Å². The van der Waals surface area contributed by atoms with Crippen molar-refractivity contribution in [3.8, 4) is 0 Å². The van der Waals surface area contributed by atoms with Crippen LogP contribution in [0, 0.1) is 0 Å². The summed E-state index contributed by atoms with van der Waals surface area (Å²) in [6.07, 6.45) is 0.887. The van der Waals surface area contributed by atoms with E-state index < -0.39 is 10.8 Å². The number of guanidine groups is 1. The molecule has 2 N–H and O–H groups in total. The first-order valence-electron chi connectivity index (χ1n) is 8.25. The number of rotatable bonds is 8. The van der Waals surface area contributed by atoms with Crippen LogP contribution in [0.15, 0.2) is 59.6 Å². The smallest absolute Gasteiger partial charge is 0.191 e. The van der Waals surface area contributed by atoms with Crippen molar-refractivity contribution in [3.05, 3.63) is 70.7 Å². The highest BCUT2D eigenvalue weighted by molar-refractivity contribution is 7.84. The van der Waals surface area contributed by atoms with Crippen LogP contribution in [0.3, 0.4) is 0 Å². The van der Waals surface area contributed by atoms with Gasteiger partial charge in [0.1, 0.15) is 0 Å². The van der Waals surface area contributed by atoms with Crippen molar-refractivity contribution in [2.75, 3.05) is 25.9 Å². The normalized spacial score (nSPS) is 12.6. The SMILES string of the molecule is CN=C(NCCc1ccc(Cl)cc1)NCCS(=O)Cc1ccccc1. The van der Waals surface area contributed by atoms with Gasteiger partial charge in [-0.2, -0.15) is 0 Å². The fourth-order valence-corrected chi connectivity index (χ4v) is 3.48. The van der Waals surface area contributed by atoms with E-state index in [9.17, 15) is 4.21 Å². The summed E-state index contributed by atoms with van der Waals surface area (Å²) in [7, 11) is 0.850. The van der Waals surface area contributed by atoms with Crippen LogP contribution in [0.5, 0.6) is 0 Å². The van der Waals surface area contributed by atoms with Crippen LogP contribution in [-0.2, 0) is 23.0 Å². The summed E-state index contributed by atoms with van der Waals surface area (Å²) in [6, 6.07) is 17.7. The minimum Gasteiger partial charge on any atom is -0.356 e. The van der Waals surface area contributed by atoms with E-state index in [0.29, 0.717) is 18.1 Å². The summed E-state index contributed by atoms with van der Waals surface area (Å²) in [5.41, 5.74) is 2.32. The lowest BCUT2D eigenvalue weighted by Gasteiger charge is -2.12. The molecule has 0 saturated heterocycles. The Balaban J connectivity index is 1.64. The summed E-state index contributed by atoms with van der Waals surface area (Å²) in [5, 5.41) is 7.22. The third-order valence-electron chi connectivity index (χ3n) is 3.64. The number of hydrogen-bond acceptors (Lipinski definition) is 2. The molecule has 134 valence electrons. The summed E-state index contributed by atoms with van der Waals surface area (Å²) < 4.78 is 12.1. The maximum atomic E-state index is 12.1. The summed E-state index contributed by atoms with van der Waals surface area (Å²) in [4.78, 5) is 4.19. The van der Waals surface area contributed by atoms with Gasteiger partial charge in [0.15, 0.2) is 5.96 Å². The minimum atomic E-state index is -0.885. The van der Waals surface area contributed by atoms with E-state index in [2.05, 4.69) is 15.6 Å². The van der Waals surface area contributed by atoms with Gasteiger partial charge in [0.25, 0.3) is 0 Å². The lowest BCUT2D eigenvalue weighted by molar-refractivity contribution is 0.680. The van der Waals surface area contributed by atoms with Crippen LogP contribution in [0.1, 0.15) is 11.1 Å². The van der Waals surface area contributed by atoms with Crippen molar-refractivity contribution in [1.82, 2.24) is 10.6 Å². The molecule has 0 fully saturated rings. The molecule has 2 aromatic carbocycles. The molecule has 0 saturated carbocycles. The lowest BCUT2D eigenvalue weighted by Crippen LogP contribution is -2.40. The molecule has 0 aliphatic carbocycles. The van der Waals surface area contributed by atoms with Crippen molar-refractivity contribution >= 4 is 28.4 Å². The van der Waals surface area contributed by atoms with Crippen LogP contribution >= 0.6 is 11.6 Å². The van der Waals surface area contributed by atoms with Gasteiger partial charge in [-0.25, -0.2) is 0 Å². The molecule has 1 atom stereocenters. The maximum absolute atomic E-state index is 12.1. The third-order valence-corrected chi connectivity index (χ3v) is 5.20. The Bertz CT molecular complexity index is 690. The first-order chi connectivity index (χ1) is 12.2. The Hall–Kier alpha value is -1.85. The number of hydrogen-bond donors (Lipinski definition) is 2. The van der Waals surface area contributed by atoms with Crippen molar-refractivity contribution in [2.45, 2.75) is 12.2 Å². The lowest BCUT2D eigenvalue weighted by atomic mass is 10.1. The molecule has 4 nitrogen and oxygen atoms in total. The standard InChI is InChI=1S/C19H24ClN3OS/c1-21-19(22-12-11-16-7-9-18(20)10-8-16)23-13-14-25(24)15-17-5-3-2-4-6-17/h2-10H,11-15H2,1H3,(H2,21,22,23). The second-order valence-corrected chi connectivity index (χ2v) is 7.59. The van der Waals surface area contributed by atoms with E-state index in [0.717, 1.165) is 29.5 Å². The highest BCUT2D eigenvalue weighted by Gasteiger charge is 2.03. The number of halogens is 1. The highest BCUT2D eigenvalue weighted by atomic mass is 35.5. The first-order valence-corrected chi connectivity index (χ1v) is 10.1.